The number of carbonyl (C=O) groups is 1. The van der Waals surface area contributed by atoms with Crippen LogP contribution in [0.15, 0.2) is 34.9 Å². The Bertz CT molecular complexity index is 624. The summed E-state index contributed by atoms with van der Waals surface area (Å²) in [5.41, 5.74) is 1.42. The van der Waals surface area contributed by atoms with Crippen molar-refractivity contribution in [1.29, 1.82) is 0 Å². The molecule has 1 fully saturated rings. The van der Waals surface area contributed by atoms with Gasteiger partial charge >= 0.3 is 0 Å². The highest BCUT2D eigenvalue weighted by Gasteiger charge is 2.20. The van der Waals surface area contributed by atoms with E-state index in [-0.39, 0.29) is 30.1 Å². The zero-order valence-corrected chi connectivity index (χ0v) is 12.7. The Morgan fingerprint density at radius 1 is 1.43 bits per heavy atom. The first kappa shape index (κ1) is 15.8. The summed E-state index contributed by atoms with van der Waals surface area (Å²) < 4.78 is 5.11. The summed E-state index contributed by atoms with van der Waals surface area (Å²) in [6.45, 7) is 1.72. The van der Waals surface area contributed by atoms with E-state index in [1.807, 2.05) is 12.1 Å². The smallest absolute Gasteiger partial charge is 0.290 e. The summed E-state index contributed by atoms with van der Waals surface area (Å²) in [4.78, 5) is 12.0. The maximum Gasteiger partial charge on any atom is 0.290 e. The molecule has 3 rings (SSSR count). The van der Waals surface area contributed by atoms with E-state index < -0.39 is 0 Å². The van der Waals surface area contributed by atoms with Gasteiger partial charge in [-0.3, -0.25) is 4.79 Å². The normalized spacial score (nSPS) is 17.3. The number of hydrogen-bond acceptors (Lipinski definition) is 4. The number of aromatic nitrogens is 1. The SMILES string of the molecule is Cl.O=C(NC1CCNC1)c1cc(-c2cccc(Cl)c2)no1. The van der Waals surface area contributed by atoms with Crippen LogP contribution in [0.5, 0.6) is 0 Å². The molecule has 0 bridgehead atoms. The fraction of sp³-hybridized carbons (Fsp3) is 0.286. The maximum atomic E-state index is 12.0. The van der Waals surface area contributed by atoms with Crippen molar-refractivity contribution in [3.63, 3.8) is 0 Å². The first-order chi connectivity index (χ1) is 9.72. The monoisotopic (exact) mass is 327 g/mol. The van der Waals surface area contributed by atoms with Gasteiger partial charge in [-0.05, 0) is 25.1 Å². The average molecular weight is 328 g/mol. The number of carbonyl (C=O) groups excluding carboxylic acids is 1. The molecule has 1 aromatic heterocycles. The molecule has 1 atom stereocenters. The predicted molar refractivity (Wildman–Crippen MR) is 82.9 cm³/mol. The molecule has 112 valence electrons. The first-order valence-corrected chi connectivity index (χ1v) is 6.84. The minimum Gasteiger partial charge on any atom is -0.350 e. The van der Waals surface area contributed by atoms with Crippen molar-refractivity contribution in [2.24, 2.45) is 0 Å². The van der Waals surface area contributed by atoms with E-state index in [1.165, 1.54) is 0 Å². The number of nitrogens with one attached hydrogen (secondary N) is 2. The van der Waals surface area contributed by atoms with Gasteiger partial charge in [0.25, 0.3) is 5.91 Å². The van der Waals surface area contributed by atoms with Gasteiger partial charge in [0, 0.05) is 29.2 Å². The quantitative estimate of drug-likeness (QED) is 0.908. The van der Waals surface area contributed by atoms with Gasteiger partial charge < -0.3 is 15.2 Å². The second-order valence-electron chi connectivity index (χ2n) is 4.75. The highest BCUT2D eigenvalue weighted by atomic mass is 35.5. The molecule has 1 aliphatic heterocycles. The largest absolute Gasteiger partial charge is 0.350 e. The molecule has 1 amide bonds. The molecule has 5 nitrogen and oxygen atoms in total. The van der Waals surface area contributed by atoms with Crippen molar-refractivity contribution in [1.82, 2.24) is 15.8 Å². The van der Waals surface area contributed by atoms with E-state index in [4.69, 9.17) is 16.1 Å². The molecule has 1 aromatic carbocycles. The second-order valence-corrected chi connectivity index (χ2v) is 5.19. The summed E-state index contributed by atoms with van der Waals surface area (Å²) in [7, 11) is 0. The minimum atomic E-state index is -0.237. The molecule has 1 aliphatic rings. The Morgan fingerprint density at radius 3 is 3.00 bits per heavy atom. The van der Waals surface area contributed by atoms with Gasteiger partial charge in [-0.15, -0.1) is 12.4 Å². The van der Waals surface area contributed by atoms with Crippen LogP contribution in [0.1, 0.15) is 17.0 Å². The van der Waals surface area contributed by atoms with Crippen LogP contribution in [0.4, 0.5) is 0 Å². The second kappa shape index (κ2) is 6.93. The molecule has 1 unspecified atom stereocenters. The summed E-state index contributed by atoms with van der Waals surface area (Å²) in [6, 6.07) is 9.04. The van der Waals surface area contributed by atoms with Crippen molar-refractivity contribution in [3.05, 3.63) is 41.1 Å². The summed E-state index contributed by atoms with van der Waals surface area (Å²) in [6.07, 6.45) is 0.932. The van der Waals surface area contributed by atoms with Crippen molar-refractivity contribution < 1.29 is 9.32 Å². The Balaban J connectivity index is 0.00000161. The molecule has 2 N–H and O–H groups in total. The van der Waals surface area contributed by atoms with Gasteiger partial charge in [-0.2, -0.15) is 0 Å². The molecule has 1 saturated heterocycles. The summed E-state index contributed by atoms with van der Waals surface area (Å²) >= 11 is 5.93. The third-order valence-electron chi connectivity index (χ3n) is 3.25. The van der Waals surface area contributed by atoms with Crippen molar-refractivity contribution in [3.8, 4) is 11.3 Å². The molecule has 21 heavy (non-hydrogen) atoms. The topological polar surface area (TPSA) is 67.2 Å². The molecule has 0 aliphatic carbocycles. The number of nitrogens with zero attached hydrogens (tertiary/aromatic N) is 1. The third-order valence-corrected chi connectivity index (χ3v) is 3.48. The molecule has 2 aromatic rings. The van der Waals surface area contributed by atoms with E-state index in [0.717, 1.165) is 25.1 Å². The van der Waals surface area contributed by atoms with E-state index in [1.54, 1.807) is 18.2 Å². The van der Waals surface area contributed by atoms with Gasteiger partial charge in [-0.1, -0.05) is 28.9 Å². The van der Waals surface area contributed by atoms with E-state index >= 15 is 0 Å². The van der Waals surface area contributed by atoms with Crippen LogP contribution in [0.2, 0.25) is 5.02 Å². The van der Waals surface area contributed by atoms with Crippen LogP contribution < -0.4 is 10.6 Å². The molecule has 0 spiro atoms. The lowest BCUT2D eigenvalue weighted by atomic mass is 10.1. The van der Waals surface area contributed by atoms with E-state index in [0.29, 0.717) is 10.7 Å². The highest BCUT2D eigenvalue weighted by Crippen LogP contribution is 2.22. The lowest BCUT2D eigenvalue weighted by molar-refractivity contribution is 0.0903. The minimum absolute atomic E-state index is 0. The highest BCUT2D eigenvalue weighted by molar-refractivity contribution is 6.30. The number of benzene rings is 1. The summed E-state index contributed by atoms with van der Waals surface area (Å²) in [5.74, 6) is -0.0219. The summed E-state index contributed by atoms with van der Waals surface area (Å²) in [5, 5.41) is 10.6. The van der Waals surface area contributed by atoms with Crippen LogP contribution in [0, 0.1) is 0 Å². The molecule has 7 heteroatoms. The Hall–Kier alpha value is -1.56. The number of halogens is 2. The van der Waals surface area contributed by atoms with Crippen LogP contribution in [-0.2, 0) is 0 Å². The standard InChI is InChI=1S/C14H14ClN3O2.ClH/c15-10-3-1-2-9(6-10)12-7-13(20-18-12)14(19)17-11-4-5-16-8-11;/h1-3,6-7,11,16H,4-5,8H2,(H,17,19);1H. The first-order valence-electron chi connectivity index (χ1n) is 6.46. The molecular weight excluding hydrogens is 313 g/mol. The van der Waals surface area contributed by atoms with Crippen molar-refractivity contribution in [2.45, 2.75) is 12.5 Å². The Kier molecular flexibility index (Phi) is 5.22. The van der Waals surface area contributed by atoms with Gasteiger partial charge in [0.1, 0.15) is 5.69 Å². The predicted octanol–water partition coefficient (Wildman–Crippen LogP) is 2.51. The van der Waals surface area contributed by atoms with Crippen LogP contribution in [0.25, 0.3) is 11.3 Å². The van der Waals surface area contributed by atoms with Gasteiger partial charge in [0.2, 0.25) is 5.76 Å². The number of rotatable bonds is 3. The van der Waals surface area contributed by atoms with Gasteiger partial charge in [-0.25, -0.2) is 0 Å². The van der Waals surface area contributed by atoms with E-state index in [2.05, 4.69) is 15.8 Å². The molecule has 0 radical (unpaired) electrons. The third kappa shape index (κ3) is 3.75. The van der Waals surface area contributed by atoms with Crippen molar-refractivity contribution in [2.75, 3.05) is 13.1 Å². The fourth-order valence-electron chi connectivity index (χ4n) is 2.20. The Morgan fingerprint density at radius 2 is 2.29 bits per heavy atom. The maximum absolute atomic E-state index is 12.0. The lowest BCUT2D eigenvalue weighted by Crippen LogP contribution is -2.35. The number of amides is 1. The van der Waals surface area contributed by atoms with Crippen LogP contribution >= 0.6 is 24.0 Å². The van der Waals surface area contributed by atoms with Gasteiger partial charge in [0.15, 0.2) is 0 Å². The molecule has 0 saturated carbocycles. The zero-order valence-electron chi connectivity index (χ0n) is 11.1. The lowest BCUT2D eigenvalue weighted by Gasteiger charge is -2.08. The van der Waals surface area contributed by atoms with Crippen molar-refractivity contribution >= 4 is 29.9 Å². The van der Waals surface area contributed by atoms with E-state index in [9.17, 15) is 4.79 Å². The van der Waals surface area contributed by atoms with Crippen LogP contribution in [-0.4, -0.2) is 30.2 Å². The molecule has 2 heterocycles. The zero-order chi connectivity index (χ0) is 13.9. The average Bonchev–Trinajstić information content (AvgIpc) is 3.09. The Labute approximate surface area is 133 Å². The number of hydrogen-bond donors (Lipinski definition) is 2. The van der Waals surface area contributed by atoms with Crippen LogP contribution in [0.3, 0.4) is 0 Å². The fourth-order valence-corrected chi connectivity index (χ4v) is 2.39. The molecular formula is C14H15Cl2N3O2. The van der Waals surface area contributed by atoms with Gasteiger partial charge in [0.05, 0.1) is 0 Å².